The second-order valence-electron chi connectivity index (χ2n) is 10.1. The Kier molecular flexibility index (Phi) is 3.50. The first kappa shape index (κ1) is 19.4. The van der Waals surface area contributed by atoms with Crippen molar-refractivity contribution in [3.8, 4) is 28.3 Å². The highest BCUT2D eigenvalue weighted by Crippen LogP contribution is 2.66. The molecule has 1 unspecified atom stereocenters. The van der Waals surface area contributed by atoms with Crippen LogP contribution in [0.3, 0.4) is 0 Å². The van der Waals surface area contributed by atoms with Gasteiger partial charge < -0.3 is 8.98 Å². The third kappa shape index (κ3) is 2.15. The predicted molar refractivity (Wildman–Crippen MR) is 149 cm³/mol. The fourth-order valence-corrected chi connectivity index (χ4v) is 7.16. The molecule has 9 rings (SSSR count). The zero-order chi connectivity index (χ0) is 24.1. The van der Waals surface area contributed by atoms with Gasteiger partial charge in [-0.2, -0.15) is 0 Å². The van der Waals surface area contributed by atoms with E-state index in [1.165, 1.54) is 61.1 Å². The third-order valence-corrected chi connectivity index (χ3v) is 8.40. The first-order valence-corrected chi connectivity index (χ1v) is 12.8. The molecule has 0 N–H and O–H groups in total. The molecule has 0 saturated carbocycles. The number of para-hydroxylation sites is 3. The summed E-state index contributed by atoms with van der Waals surface area (Å²) < 4.78 is 9.11. The van der Waals surface area contributed by atoms with E-state index in [-0.39, 0.29) is 0 Å². The summed E-state index contributed by atoms with van der Waals surface area (Å²) >= 11 is 0. The van der Waals surface area contributed by atoms with Crippen LogP contribution in [0.15, 0.2) is 132 Å². The smallest absolute Gasteiger partial charge is 0.140 e. The zero-order valence-electron chi connectivity index (χ0n) is 20.0. The molecule has 1 atom stereocenters. The van der Waals surface area contributed by atoms with E-state index in [0.717, 1.165) is 11.3 Å². The molecule has 37 heavy (non-hydrogen) atoms. The van der Waals surface area contributed by atoms with Crippen molar-refractivity contribution in [1.29, 1.82) is 0 Å². The van der Waals surface area contributed by atoms with E-state index in [9.17, 15) is 0 Å². The number of aromatic nitrogens is 1. The van der Waals surface area contributed by atoms with Gasteiger partial charge in [0.1, 0.15) is 11.3 Å². The largest absolute Gasteiger partial charge is 0.456 e. The molecular weight excluding hydrogens is 450 g/mol. The molecule has 2 nitrogen and oxygen atoms in total. The summed E-state index contributed by atoms with van der Waals surface area (Å²) in [4.78, 5) is 0. The Morgan fingerprint density at radius 1 is 0.514 bits per heavy atom. The van der Waals surface area contributed by atoms with Crippen LogP contribution in [-0.2, 0) is 5.41 Å². The van der Waals surface area contributed by atoms with Gasteiger partial charge in [-0.25, -0.2) is 0 Å². The van der Waals surface area contributed by atoms with Gasteiger partial charge in [-0.05, 0) is 35.4 Å². The molecule has 2 heterocycles. The first-order valence-electron chi connectivity index (χ1n) is 12.8. The van der Waals surface area contributed by atoms with E-state index in [1.807, 2.05) is 0 Å². The van der Waals surface area contributed by atoms with Gasteiger partial charge in [-0.3, -0.25) is 0 Å². The summed E-state index contributed by atoms with van der Waals surface area (Å²) in [6.07, 6.45) is 0. The van der Waals surface area contributed by atoms with Gasteiger partial charge in [0.15, 0.2) is 0 Å². The lowest BCUT2D eigenvalue weighted by molar-refractivity contribution is 0.629. The number of furan rings is 1. The molecule has 0 bridgehead atoms. The van der Waals surface area contributed by atoms with Crippen LogP contribution < -0.4 is 0 Å². The summed E-state index contributed by atoms with van der Waals surface area (Å²) in [6.45, 7) is 0. The standard InChI is InChI=1S/C35H21NO/c1-2-12-22(13-3-1)36-29-20-10-6-16-25(29)31-33(36)23-14-4-8-18-27(23)35(31)28-19-9-5-15-24(28)34-32(35)26-17-7-11-21-30(26)37-34/h1-21H. The Labute approximate surface area is 214 Å². The maximum absolute atomic E-state index is 6.65. The Bertz CT molecular complexity index is 2040. The predicted octanol–water partition coefficient (Wildman–Crippen LogP) is 8.72. The van der Waals surface area contributed by atoms with Crippen LogP contribution in [0.5, 0.6) is 0 Å². The second kappa shape index (κ2) is 6.68. The average Bonchev–Trinajstić information content (AvgIpc) is 3.67. The van der Waals surface area contributed by atoms with Crippen LogP contribution in [0.4, 0.5) is 0 Å². The molecule has 2 heteroatoms. The molecular formula is C35H21NO. The number of nitrogens with zero attached hydrogens (tertiary/aromatic N) is 1. The maximum atomic E-state index is 6.65. The Balaban J connectivity index is 1.57. The van der Waals surface area contributed by atoms with Crippen LogP contribution in [0.1, 0.15) is 22.3 Å². The molecule has 1 spiro atoms. The van der Waals surface area contributed by atoms with E-state index in [2.05, 4.69) is 132 Å². The van der Waals surface area contributed by atoms with Gasteiger partial charge in [-0.1, -0.05) is 103 Å². The topological polar surface area (TPSA) is 18.1 Å². The number of benzene rings is 5. The third-order valence-electron chi connectivity index (χ3n) is 8.40. The minimum Gasteiger partial charge on any atom is -0.456 e. The molecule has 0 radical (unpaired) electrons. The van der Waals surface area contributed by atoms with Crippen molar-refractivity contribution in [3.63, 3.8) is 0 Å². The molecule has 172 valence electrons. The quantitative estimate of drug-likeness (QED) is 0.234. The highest BCUT2D eigenvalue weighted by molar-refractivity contribution is 6.07. The highest BCUT2D eigenvalue weighted by Gasteiger charge is 2.56. The van der Waals surface area contributed by atoms with Crippen molar-refractivity contribution in [1.82, 2.24) is 4.57 Å². The van der Waals surface area contributed by atoms with Gasteiger partial charge in [0.25, 0.3) is 0 Å². The normalized spacial score (nSPS) is 16.8. The Morgan fingerprint density at radius 2 is 1.14 bits per heavy atom. The number of fused-ring (bicyclic) bond motifs is 14. The second-order valence-corrected chi connectivity index (χ2v) is 10.1. The summed E-state index contributed by atoms with van der Waals surface area (Å²) in [5, 5.41) is 2.47. The van der Waals surface area contributed by atoms with Crippen LogP contribution in [-0.4, -0.2) is 4.57 Å². The average molecular weight is 472 g/mol. The fraction of sp³-hybridized carbons (Fsp3) is 0.0286. The van der Waals surface area contributed by atoms with Crippen LogP contribution in [0.2, 0.25) is 0 Å². The van der Waals surface area contributed by atoms with Crippen LogP contribution in [0, 0.1) is 0 Å². The van der Waals surface area contributed by atoms with Gasteiger partial charge >= 0.3 is 0 Å². The molecule has 2 aliphatic carbocycles. The molecule has 0 aliphatic heterocycles. The molecule has 7 aromatic rings. The van der Waals surface area contributed by atoms with Gasteiger partial charge in [0.05, 0.1) is 16.6 Å². The monoisotopic (exact) mass is 471 g/mol. The number of hydrogen-bond donors (Lipinski definition) is 0. The molecule has 0 fully saturated rings. The fourth-order valence-electron chi connectivity index (χ4n) is 7.16. The Hall–Kier alpha value is -4.82. The number of hydrogen-bond acceptors (Lipinski definition) is 1. The lowest BCUT2D eigenvalue weighted by atomic mass is 9.69. The van der Waals surface area contributed by atoms with Crippen LogP contribution >= 0.6 is 0 Å². The lowest BCUT2D eigenvalue weighted by Crippen LogP contribution is -2.25. The van der Waals surface area contributed by atoms with E-state index in [1.54, 1.807) is 0 Å². The van der Waals surface area contributed by atoms with Crippen molar-refractivity contribution >= 4 is 21.9 Å². The van der Waals surface area contributed by atoms with Crippen molar-refractivity contribution < 1.29 is 4.42 Å². The van der Waals surface area contributed by atoms with Gasteiger partial charge in [-0.15, -0.1) is 0 Å². The van der Waals surface area contributed by atoms with E-state index in [4.69, 9.17) is 4.42 Å². The molecule has 2 aliphatic rings. The van der Waals surface area contributed by atoms with Crippen molar-refractivity contribution in [2.45, 2.75) is 5.41 Å². The van der Waals surface area contributed by atoms with E-state index in [0.29, 0.717) is 0 Å². The van der Waals surface area contributed by atoms with Crippen molar-refractivity contribution in [2.75, 3.05) is 0 Å². The Morgan fingerprint density at radius 3 is 1.97 bits per heavy atom. The zero-order valence-corrected chi connectivity index (χ0v) is 20.0. The maximum Gasteiger partial charge on any atom is 0.140 e. The van der Waals surface area contributed by atoms with Gasteiger partial charge in [0, 0.05) is 38.7 Å². The summed E-state index contributed by atoms with van der Waals surface area (Å²) in [5.74, 6) is 0.996. The first-order chi connectivity index (χ1) is 18.4. The summed E-state index contributed by atoms with van der Waals surface area (Å²) in [5.41, 5.74) is 11.9. The minimum absolute atomic E-state index is 0.454. The number of rotatable bonds is 1. The van der Waals surface area contributed by atoms with E-state index < -0.39 is 5.41 Å². The molecule has 0 saturated heterocycles. The minimum atomic E-state index is -0.454. The SMILES string of the molecule is c1ccc(-n2c3c(c4ccccc42)C2(c4ccccc4-c4oc5ccccc5c42)c2ccccc2-3)cc1. The molecule has 2 aromatic heterocycles. The van der Waals surface area contributed by atoms with Crippen molar-refractivity contribution in [2.24, 2.45) is 0 Å². The van der Waals surface area contributed by atoms with Gasteiger partial charge in [0.2, 0.25) is 0 Å². The van der Waals surface area contributed by atoms with Crippen molar-refractivity contribution in [3.05, 3.63) is 150 Å². The lowest BCUT2D eigenvalue weighted by Gasteiger charge is -2.29. The highest BCUT2D eigenvalue weighted by atomic mass is 16.3. The van der Waals surface area contributed by atoms with Crippen LogP contribution in [0.25, 0.3) is 50.1 Å². The summed E-state index contributed by atoms with van der Waals surface area (Å²) in [6, 6.07) is 45.9. The van der Waals surface area contributed by atoms with E-state index >= 15 is 0 Å². The summed E-state index contributed by atoms with van der Waals surface area (Å²) in [7, 11) is 0. The molecule has 0 amide bonds. The molecule has 5 aromatic carbocycles.